The van der Waals surface area contributed by atoms with E-state index in [4.69, 9.17) is 23.2 Å². The van der Waals surface area contributed by atoms with Crippen LogP contribution < -0.4 is 0 Å². The van der Waals surface area contributed by atoms with Crippen LogP contribution >= 0.6 is 23.2 Å². The summed E-state index contributed by atoms with van der Waals surface area (Å²) in [5.41, 5.74) is 1.41. The zero-order valence-corrected chi connectivity index (χ0v) is 22.7. The lowest BCUT2D eigenvalue weighted by Gasteiger charge is -2.32. The van der Waals surface area contributed by atoms with Gasteiger partial charge in [0, 0.05) is 42.5 Å². The molecule has 0 saturated carbocycles. The Morgan fingerprint density at radius 2 is 1.39 bits per heavy atom. The molecule has 0 radical (unpaired) electrons. The van der Waals surface area contributed by atoms with Gasteiger partial charge in [-0.1, -0.05) is 59.6 Å². The molecule has 1 heterocycles. The number of hydrogen-bond acceptors (Lipinski definition) is 5. The van der Waals surface area contributed by atoms with Crippen molar-refractivity contribution in [1.82, 2.24) is 9.80 Å². The third-order valence-corrected chi connectivity index (χ3v) is 8.43. The van der Waals surface area contributed by atoms with Crippen molar-refractivity contribution in [3.8, 4) is 0 Å². The number of aliphatic hydroxyl groups is 1. The summed E-state index contributed by atoms with van der Waals surface area (Å²) >= 11 is 12.5. The van der Waals surface area contributed by atoms with Crippen LogP contribution in [0, 0.1) is 0 Å². The third kappa shape index (κ3) is 6.88. The number of hydrogen-bond donors (Lipinski definition) is 1. The Kier molecular flexibility index (Phi) is 8.76. The predicted molar refractivity (Wildman–Crippen MR) is 146 cm³/mol. The Balaban J connectivity index is 1.41. The molecule has 1 aliphatic heterocycles. The second-order valence-corrected chi connectivity index (χ2v) is 12.4. The molecule has 1 aliphatic rings. The van der Waals surface area contributed by atoms with E-state index in [2.05, 4.69) is 9.80 Å². The molecule has 3 aromatic rings. The molecule has 0 bridgehead atoms. The molecule has 8 heteroatoms. The number of nitrogens with zero attached hydrogens (tertiary/aromatic N) is 2. The summed E-state index contributed by atoms with van der Waals surface area (Å²) in [6.45, 7) is 5.23. The van der Waals surface area contributed by atoms with Gasteiger partial charge in [-0.15, -0.1) is 0 Å². The van der Waals surface area contributed by atoms with Gasteiger partial charge in [-0.25, -0.2) is 8.42 Å². The molecule has 0 atom stereocenters. The lowest BCUT2D eigenvalue weighted by molar-refractivity contribution is 0.0577. The summed E-state index contributed by atoms with van der Waals surface area (Å²) in [6, 6.07) is 22.0. The number of benzene rings is 3. The van der Waals surface area contributed by atoms with Gasteiger partial charge >= 0.3 is 0 Å². The van der Waals surface area contributed by atoms with Crippen LogP contribution in [0.4, 0.5) is 0 Å². The molecular formula is C28H32Cl2N2O3S. The molecule has 0 unspecified atom stereocenters. The monoisotopic (exact) mass is 546 g/mol. The maximum absolute atomic E-state index is 11.9. The number of halogens is 2. The topological polar surface area (TPSA) is 60.9 Å². The highest BCUT2D eigenvalue weighted by molar-refractivity contribution is 7.90. The standard InChI is InChI=1S/C28H32Cl2N2O3S/c1-36(34,35)27-11-9-22(10-12-27)21-32-15-4-14-31(17-18-32)16-13-28(33,23-5-2-7-25(29)19-23)24-6-3-8-26(30)20-24/h2-3,5-12,19-20,33H,4,13-18,21H2,1H3. The Morgan fingerprint density at radius 1 is 0.833 bits per heavy atom. The maximum atomic E-state index is 11.9. The molecule has 1 saturated heterocycles. The minimum atomic E-state index is -3.18. The summed E-state index contributed by atoms with van der Waals surface area (Å²) in [5.74, 6) is 0. The van der Waals surface area contributed by atoms with E-state index in [1.165, 1.54) is 6.26 Å². The molecule has 0 spiro atoms. The average molecular weight is 548 g/mol. The molecule has 4 rings (SSSR count). The van der Waals surface area contributed by atoms with Crippen molar-refractivity contribution in [2.24, 2.45) is 0 Å². The van der Waals surface area contributed by atoms with E-state index in [1.54, 1.807) is 12.1 Å². The zero-order valence-electron chi connectivity index (χ0n) is 20.4. The molecule has 5 nitrogen and oxygen atoms in total. The summed E-state index contributed by atoms with van der Waals surface area (Å²) < 4.78 is 23.4. The zero-order chi connectivity index (χ0) is 25.8. The van der Waals surface area contributed by atoms with Gasteiger partial charge in [0.25, 0.3) is 0 Å². The lowest BCUT2D eigenvalue weighted by atomic mass is 9.83. The minimum absolute atomic E-state index is 0.347. The molecule has 1 fully saturated rings. The first-order valence-corrected chi connectivity index (χ1v) is 14.8. The Morgan fingerprint density at radius 3 is 1.94 bits per heavy atom. The maximum Gasteiger partial charge on any atom is 0.175 e. The first-order chi connectivity index (χ1) is 17.1. The van der Waals surface area contributed by atoms with E-state index in [-0.39, 0.29) is 0 Å². The fraction of sp³-hybridized carbons (Fsp3) is 0.357. The van der Waals surface area contributed by atoms with Gasteiger partial charge in [0.1, 0.15) is 5.60 Å². The minimum Gasteiger partial charge on any atom is -0.380 e. The van der Waals surface area contributed by atoms with E-state index in [1.807, 2.05) is 60.7 Å². The second-order valence-electron chi connectivity index (χ2n) is 9.52. The first-order valence-electron chi connectivity index (χ1n) is 12.1. The molecule has 192 valence electrons. The van der Waals surface area contributed by atoms with Gasteiger partial charge in [0.2, 0.25) is 0 Å². The summed E-state index contributed by atoms with van der Waals surface area (Å²) in [5, 5.41) is 13.1. The first kappa shape index (κ1) is 27.1. The van der Waals surface area contributed by atoms with Gasteiger partial charge in [-0.2, -0.15) is 0 Å². The third-order valence-electron chi connectivity index (χ3n) is 6.83. The number of rotatable bonds is 8. The van der Waals surface area contributed by atoms with Gasteiger partial charge in [-0.3, -0.25) is 4.90 Å². The van der Waals surface area contributed by atoms with Crippen LogP contribution in [0.3, 0.4) is 0 Å². The van der Waals surface area contributed by atoms with Crippen molar-refractivity contribution >= 4 is 33.0 Å². The van der Waals surface area contributed by atoms with Crippen LogP contribution in [0.5, 0.6) is 0 Å². The summed E-state index contributed by atoms with van der Waals surface area (Å²) in [4.78, 5) is 5.14. The SMILES string of the molecule is CS(=O)(=O)c1ccc(CN2CCCN(CCC(O)(c3cccc(Cl)c3)c3cccc(Cl)c3)CC2)cc1. The second kappa shape index (κ2) is 11.6. The fourth-order valence-electron chi connectivity index (χ4n) is 4.77. The van der Waals surface area contributed by atoms with E-state index < -0.39 is 15.4 Å². The van der Waals surface area contributed by atoms with Gasteiger partial charge in [0.15, 0.2) is 9.84 Å². The van der Waals surface area contributed by atoms with Gasteiger partial charge < -0.3 is 10.0 Å². The summed E-state index contributed by atoms with van der Waals surface area (Å²) in [6.07, 6.45) is 2.76. The van der Waals surface area contributed by atoms with Crippen LogP contribution in [0.2, 0.25) is 10.0 Å². The smallest absolute Gasteiger partial charge is 0.175 e. The Hall–Kier alpha value is -1.93. The normalized spacial score (nSPS) is 16.1. The Labute approximate surface area is 224 Å². The summed E-state index contributed by atoms with van der Waals surface area (Å²) in [7, 11) is -3.18. The highest BCUT2D eigenvalue weighted by Gasteiger charge is 2.32. The van der Waals surface area contributed by atoms with Crippen LogP contribution in [-0.2, 0) is 22.0 Å². The molecule has 36 heavy (non-hydrogen) atoms. The van der Waals surface area contributed by atoms with E-state index >= 15 is 0 Å². The van der Waals surface area contributed by atoms with Crippen LogP contribution in [-0.4, -0.2) is 62.3 Å². The Bertz CT molecular complexity index is 1240. The largest absolute Gasteiger partial charge is 0.380 e. The number of sulfone groups is 1. The van der Waals surface area contributed by atoms with E-state index in [9.17, 15) is 13.5 Å². The average Bonchev–Trinajstić information content (AvgIpc) is 3.07. The van der Waals surface area contributed by atoms with E-state index in [0.717, 1.165) is 62.4 Å². The predicted octanol–water partition coefficient (Wildman–Crippen LogP) is 5.23. The van der Waals surface area contributed by atoms with Gasteiger partial charge in [0.05, 0.1) is 4.90 Å². The molecular weight excluding hydrogens is 515 g/mol. The van der Waals surface area contributed by atoms with Crippen LogP contribution in [0.15, 0.2) is 77.7 Å². The fourth-order valence-corrected chi connectivity index (χ4v) is 5.78. The van der Waals surface area contributed by atoms with Crippen molar-refractivity contribution in [2.45, 2.75) is 29.9 Å². The highest BCUT2D eigenvalue weighted by Crippen LogP contribution is 2.35. The van der Waals surface area contributed by atoms with Crippen molar-refractivity contribution < 1.29 is 13.5 Å². The molecule has 0 aromatic heterocycles. The van der Waals surface area contributed by atoms with E-state index in [0.29, 0.717) is 21.4 Å². The van der Waals surface area contributed by atoms with Crippen molar-refractivity contribution in [1.29, 1.82) is 0 Å². The molecule has 3 aromatic carbocycles. The van der Waals surface area contributed by atoms with Crippen molar-refractivity contribution in [3.63, 3.8) is 0 Å². The molecule has 1 N–H and O–H groups in total. The quantitative estimate of drug-likeness (QED) is 0.419. The van der Waals surface area contributed by atoms with Crippen LogP contribution in [0.25, 0.3) is 0 Å². The highest BCUT2D eigenvalue weighted by atomic mass is 35.5. The van der Waals surface area contributed by atoms with Crippen molar-refractivity contribution in [3.05, 3.63) is 99.5 Å². The lowest BCUT2D eigenvalue weighted by Crippen LogP contribution is -2.36. The molecule has 0 aliphatic carbocycles. The molecule has 0 amide bonds. The van der Waals surface area contributed by atoms with Gasteiger partial charge in [-0.05, 0) is 79.0 Å². The van der Waals surface area contributed by atoms with Crippen molar-refractivity contribution in [2.75, 3.05) is 39.0 Å². The van der Waals surface area contributed by atoms with Crippen LogP contribution in [0.1, 0.15) is 29.5 Å².